The first-order valence-corrected chi connectivity index (χ1v) is 14.6. The van der Waals surface area contributed by atoms with Crippen molar-refractivity contribution in [3.63, 3.8) is 0 Å². The molecule has 1 amide bonds. The number of aliphatic hydroxyl groups excluding tert-OH is 1. The molecule has 1 heterocycles. The second-order valence-corrected chi connectivity index (χ2v) is 12.8. The quantitative estimate of drug-likeness (QED) is 0.186. The molecule has 11 heteroatoms. The molecule has 0 aliphatic carbocycles. The van der Waals surface area contributed by atoms with Crippen LogP contribution >= 0.6 is 46.6 Å². The number of ether oxygens (including phenoxy) is 2. The van der Waals surface area contributed by atoms with Crippen LogP contribution in [0.3, 0.4) is 0 Å². The minimum Gasteiger partial charge on any atom is -0.478 e. The van der Waals surface area contributed by atoms with Crippen molar-refractivity contribution in [2.45, 2.75) is 47.3 Å². The van der Waals surface area contributed by atoms with Crippen molar-refractivity contribution in [3.8, 4) is 0 Å². The van der Waals surface area contributed by atoms with Gasteiger partial charge in [0, 0.05) is 28.7 Å². The number of hydrogen-bond acceptors (Lipinski definition) is 6. The van der Waals surface area contributed by atoms with Gasteiger partial charge >= 0.3 is 5.97 Å². The van der Waals surface area contributed by atoms with E-state index < -0.39 is 22.0 Å². The molecule has 212 valence electrons. The lowest BCUT2D eigenvalue weighted by Crippen LogP contribution is -2.38. The van der Waals surface area contributed by atoms with Crippen LogP contribution in [0.1, 0.15) is 51.9 Å². The van der Waals surface area contributed by atoms with Gasteiger partial charge in [0.25, 0.3) is 9.70 Å². The number of carboxylic acids is 1. The molecule has 4 atom stereocenters. The van der Waals surface area contributed by atoms with Crippen LogP contribution in [0.2, 0.25) is 0 Å². The van der Waals surface area contributed by atoms with Gasteiger partial charge in [-0.25, -0.2) is 4.79 Å². The Morgan fingerprint density at radius 1 is 0.900 bits per heavy atom. The lowest BCUT2D eigenvalue weighted by Gasteiger charge is -2.41. The minimum absolute atomic E-state index is 0.00145. The lowest BCUT2D eigenvalue weighted by atomic mass is 9.91. The summed E-state index contributed by atoms with van der Waals surface area (Å²) < 4.78 is 10.9. The molecule has 4 rings (SSSR count). The van der Waals surface area contributed by atoms with Gasteiger partial charge in [-0.2, -0.15) is 0 Å². The van der Waals surface area contributed by atoms with E-state index in [1.807, 2.05) is 48.5 Å². The van der Waals surface area contributed by atoms with Gasteiger partial charge in [-0.1, -0.05) is 90.3 Å². The van der Waals surface area contributed by atoms with Crippen LogP contribution in [0.5, 0.6) is 0 Å². The molecule has 0 radical (unpaired) electrons. The van der Waals surface area contributed by atoms with Crippen molar-refractivity contribution < 1.29 is 29.3 Å². The predicted octanol–water partition coefficient (Wildman–Crippen LogP) is 6.45. The van der Waals surface area contributed by atoms with Crippen molar-refractivity contribution in [1.29, 1.82) is 0 Å². The second-order valence-electron chi connectivity index (χ2n) is 9.38. The summed E-state index contributed by atoms with van der Waals surface area (Å²) in [4.78, 5) is 24.0. The third-order valence-electron chi connectivity index (χ3n) is 6.60. The predicted molar refractivity (Wildman–Crippen MR) is 156 cm³/mol. The highest BCUT2D eigenvalue weighted by molar-refractivity contribution is 7.99. The maximum absolute atomic E-state index is 11.9. The first kappa shape index (κ1) is 30.7. The van der Waals surface area contributed by atoms with Gasteiger partial charge in [0.2, 0.25) is 0 Å². The summed E-state index contributed by atoms with van der Waals surface area (Å²) in [6.07, 6.45) is -1.10. The number of nitrogens with one attached hydrogen (secondary N) is 1. The number of aliphatic hydroxyl groups is 1. The molecule has 1 saturated heterocycles. The molecule has 3 aromatic carbocycles. The molecular weight excluding hydrogens is 597 g/mol. The zero-order valence-corrected chi connectivity index (χ0v) is 24.5. The fourth-order valence-electron chi connectivity index (χ4n) is 4.26. The van der Waals surface area contributed by atoms with Crippen LogP contribution in [-0.2, 0) is 27.4 Å². The van der Waals surface area contributed by atoms with E-state index in [-0.39, 0.29) is 36.8 Å². The zero-order chi connectivity index (χ0) is 28.9. The molecule has 0 saturated carbocycles. The average molecular weight is 625 g/mol. The number of carbonyl (C=O) groups is 2. The summed E-state index contributed by atoms with van der Waals surface area (Å²) in [7, 11) is 0. The lowest BCUT2D eigenvalue weighted by molar-refractivity contribution is -0.268. The highest BCUT2D eigenvalue weighted by Gasteiger charge is 2.38. The topological polar surface area (TPSA) is 105 Å². The standard InChI is InChI=1S/C29H28Cl3NO6S/c1-17-24(16-40-23-12-10-21(11-13-23)26(35)36)38-27(39-25(17)20-6-4-19(15-34)5-7-20)22-8-2-18(3-9-22)14-33-28(37)29(30,31)32/h2-13,17,24-25,27,34H,14-16H2,1H3,(H,33,37)(H,35,36)/t17-,24+,25+,27+/m0/s1. The Balaban J connectivity index is 1.51. The first-order valence-electron chi connectivity index (χ1n) is 12.5. The summed E-state index contributed by atoms with van der Waals surface area (Å²) in [5, 5.41) is 21.2. The largest absolute Gasteiger partial charge is 0.478 e. The van der Waals surface area contributed by atoms with Crippen molar-refractivity contribution >= 4 is 58.4 Å². The molecule has 40 heavy (non-hydrogen) atoms. The molecule has 1 aliphatic rings. The summed E-state index contributed by atoms with van der Waals surface area (Å²) in [6, 6.07) is 21.9. The number of thioether (sulfide) groups is 1. The average Bonchev–Trinajstić information content (AvgIpc) is 2.95. The smallest absolute Gasteiger partial charge is 0.335 e. The van der Waals surface area contributed by atoms with Crippen LogP contribution in [0.15, 0.2) is 77.7 Å². The van der Waals surface area contributed by atoms with E-state index in [1.165, 1.54) is 0 Å². The number of rotatable bonds is 9. The number of hydrogen-bond donors (Lipinski definition) is 3. The fraction of sp³-hybridized carbons (Fsp3) is 0.310. The first-order chi connectivity index (χ1) is 19.0. The SMILES string of the molecule is C[C@H]1[C@@H](CSc2ccc(C(=O)O)cc2)O[C@@H](c2ccc(CNC(=O)C(Cl)(Cl)Cl)cc2)O[C@H]1c1ccc(CO)cc1. The third kappa shape index (κ3) is 7.91. The van der Waals surface area contributed by atoms with Crippen LogP contribution in [-0.4, -0.2) is 37.7 Å². The van der Waals surface area contributed by atoms with E-state index in [0.717, 1.165) is 27.1 Å². The molecule has 3 N–H and O–H groups in total. The van der Waals surface area contributed by atoms with E-state index in [2.05, 4.69) is 12.2 Å². The molecule has 1 fully saturated rings. The molecule has 0 unspecified atom stereocenters. The Morgan fingerprint density at radius 2 is 1.50 bits per heavy atom. The molecule has 0 aromatic heterocycles. The fourth-order valence-corrected chi connectivity index (χ4v) is 5.52. The van der Waals surface area contributed by atoms with Gasteiger partial charge < -0.3 is 25.0 Å². The number of aromatic carboxylic acids is 1. The zero-order valence-electron chi connectivity index (χ0n) is 21.4. The normalized spacial score (nSPS) is 21.1. The van der Waals surface area contributed by atoms with Gasteiger partial charge in [-0.15, -0.1) is 11.8 Å². The Bertz CT molecular complexity index is 1300. The van der Waals surface area contributed by atoms with E-state index in [9.17, 15) is 14.7 Å². The monoisotopic (exact) mass is 623 g/mol. The summed E-state index contributed by atoms with van der Waals surface area (Å²) >= 11 is 18.4. The van der Waals surface area contributed by atoms with Gasteiger partial charge in [-0.05, 0) is 41.0 Å². The van der Waals surface area contributed by atoms with Gasteiger partial charge in [0.05, 0.1) is 24.4 Å². The number of carbonyl (C=O) groups excluding carboxylic acids is 1. The minimum atomic E-state index is -2.03. The number of carboxylic acid groups (broad SMARTS) is 1. The van der Waals surface area contributed by atoms with E-state index in [0.29, 0.717) is 5.75 Å². The van der Waals surface area contributed by atoms with Crippen LogP contribution < -0.4 is 5.32 Å². The van der Waals surface area contributed by atoms with E-state index in [4.69, 9.17) is 49.4 Å². The molecular formula is C29H28Cl3NO6S. The Morgan fingerprint density at radius 3 is 2.08 bits per heavy atom. The molecule has 0 bridgehead atoms. The Labute approximate surface area is 251 Å². The number of halogens is 3. The maximum Gasteiger partial charge on any atom is 0.335 e. The number of benzene rings is 3. The van der Waals surface area contributed by atoms with Crippen LogP contribution in [0, 0.1) is 5.92 Å². The van der Waals surface area contributed by atoms with Crippen molar-refractivity contribution in [1.82, 2.24) is 5.32 Å². The highest BCUT2D eigenvalue weighted by atomic mass is 35.6. The van der Waals surface area contributed by atoms with Gasteiger partial charge in [0.1, 0.15) is 0 Å². The van der Waals surface area contributed by atoms with E-state index >= 15 is 0 Å². The maximum atomic E-state index is 11.9. The molecule has 0 spiro atoms. The third-order valence-corrected chi connectivity index (χ3v) is 8.22. The van der Waals surface area contributed by atoms with Crippen LogP contribution in [0.4, 0.5) is 0 Å². The van der Waals surface area contributed by atoms with Gasteiger partial charge in [0.15, 0.2) is 6.29 Å². The summed E-state index contributed by atoms with van der Waals surface area (Å²) in [5.41, 5.74) is 3.64. The van der Waals surface area contributed by atoms with Crippen molar-refractivity contribution in [3.05, 3.63) is 101 Å². The van der Waals surface area contributed by atoms with Gasteiger partial charge in [-0.3, -0.25) is 4.79 Å². The number of amides is 1. The Hall–Kier alpha value is -2.30. The molecule has 1 aliphatic heterocycles. The van der Waals surface area contributed by atoms with Crippen molar-refractivity contribution in [2.75, 3.05) is 5.75 Å². The van der Waals surface area contributed by atoms with E-state index in [1.54, 1.807) is 36.0 Å². The second kappa shape index (κ2) is 13.6. The summed E-state index contributed by atoms with van der Waals surface area (Å²) in [6.45, 7) is 2.23. The van der Waals surface area contributed by atoms with Crippen molar-refractivity contribution in [2.24, 2.45) is 5.92 Å². The number of alkyl halides is 3. The molecule has 3 aromatic rings. The highest BCUT2D eigenvalue weighted by Crippen LogP contribution is 2.43. The summed E-state index contributed by atoms with van der Waals surface area (Å²) in [5.74, 6) is -1.05. The Kier molecular flexibility index (Phi) is 10.4. The van der Waals surface area contributed by atoms with Crippen LogP contribution in [0.25, 0.3) is 0 Å². The molecule has 7 nitrogen and oxygen atoms in total.